The van der Waals surface area contributed by atoms with Crippen LogP contribution in [-0.4, -0.2) is 59.2 Å². The van der Waals surface area contributed by atoms with E-state index in [1.807, 2.05) is 41.3 Å². The number of piperazine rings is 1. The highest BCUT2D eigenvalue weighted by atomic mass is 16.4. The van der Waals surface area contributed by atoms with Crippen molar-refractivity contribution in [3.8, 4) is 0 Å². The van der Waals surface area contributed by atoms with Crippen molar-refractivity contribution in [2.45, 2.75) is 6.42 Å². The molecule has 1 aliphatic heterocycles. The van der Waals surface area contributed by atoms with Crippen LogP contribution in [-0.2, 0) is 4.79 Å². The molecule has 0 atom stereocenters. The Kier molecular flexibility index (Phi) is 5.90. The Labute approximate surface area is 173 Å². The van der Waals surface area contributed by atoms with Gasteiger partial charge in [0.2, 0.25) is 5.91 Å². The molecule has 0 spiro atoms. The van der Waals surface area contributed by atoms with Gasteiger partial charge in [-0.25, -0.2) is 4.79 Å². The molecule has 0 radical (unpaired) electrons. The van der Waals surface area contributed by atoms with E-state index in [-0.39, 0.29) is 11.7 Å². The lowest BCUT2D eigenvalue weighted by Gasteiger charge is -2.34. The van der Waals surface area contributed by atoms with E-state index in [9.17, 15) is 14.4 Å². The summed E-state index contributed by atoms with van der Waals surface area (Å²) in [6.07, 6.45) is 3.82. The predicted octanol–water partition coefficient (Wildman–Crippen LogP) is 2.55. The number of aromatic nitrogens is 1. The fourth-order valence-corrected chi connectivity index (χ4v) is 3.55. The molecule has 7 nitrogen and oxygen atoms in total. The molecule has 1 N–H and O–H groups in total. The van der Waals surface area contributed by atoms with Crippen molar-refractivity contribution < 1.29 is 14.0 Å². The summed E-state index contributed by atoms with van der Waals surface area (Å²) in [5, 5.41) is 0. The molecular formula is C23H23N3O4. The fourth-order valence-electron chi connectivity index (χ4n) is 3.55. The zero-order valence-electron chi connectivity index (χ0n) is 16.5. The van der Waals surface area contributed by atoms with Gasteiger partial charge in [0.1, 0.15) is 0 Å². The van der Waals surface area contributed by atoms with Crippen molar-refractivity contribution in [2.75, 3.05) is 32.7 Å². The van der Waals surface area contributed by atoms with E-state index in [4.69, 9.17) is 4.42 Å². The molecule has 1 amide bonds. The Bertz CT molecular complexity index is 1120. The molecule has 4 rings (SSSR count). The maximum absolute atomic E-state index is 12.5. The van der Waals surface area contributed by atoms with Gasteiger partial charge in [0.25, 0.3) is 0 Å². The highest BCUT2D eigenvalue weighted by molar-refractivity contribution is 5.98. The number of fused-ring (bicyclic) bond motifs is 1. The molecule has 2 aromatic carbocycles. The van der Waals surface area contributed by atoms with Crippen LogP contribution in [0.25, 0.3) is 17.2 Å². The molecule has 30 heavy (non-hydrogen) atoms. The van der Waals surface area contributed by atoms with Gasteiger partial charge in [-0.15, -0.1) is 0 Å². The van der Waals surface area contributed by atoms with E-state index in [2.05, 4.69) is 9.88 Å². The topological polar surface area (TPSA) is 86.6 Å². The minimum absolute atomic E-state index is 0.00468. The zero-order chi connectivity index (χ0) is 20.9. The Morgan fingerprint density at radius 3 is 2.57 bits per heavy atom. The molecule has 0 bridgehead atoms. The Hall–Kier alpha value is -3.45. The Morgan fingerprint density at radius 1 is 1.03 bits per heavy atom. The van der Waals surface area contributed by atoms with E-state index < -0.39 is 5.76 Å². The number of H-pyrrole nitrogens is 1. The summed E-state index contributed by atoms with van der Waals surface area (Å²) in [4.78, 5) is 42.7. The van der Waals surface area contributed by atoms with Gasteiger partial charge in [-0.2, -0.15) is 0 Å². The molecular weight excluding hydrogens is 382 g/mol. The second kappa shape index (κ2) is 8.92. The first-order chi connectivity index (χ1) is 14.6. The quantitative estimate of drug-likeness (QED) is 0.503. The van der Waals surface area contributed by atoms with Gasteiger partial charge >= 0.3 is 5.76 Å². The van der Waals surface area contributed by atoms with E-state index in [1.54, 1.807) is 24.3 Å². The lowest BCUT2D eigenvalue weighted by Crippen LogP contribution is -2.48. The van der Waals surface area contributed by atoms with Crippen molar-refractivity contribution in [3.63, 3.8) is 0 Å². The highest BCUT2D eigenvalue weighted by Gasteiger charge is 2.20. The highest BCUT2D eigenvalue weighted by Crippen LogP contribution is 2.14. The molecule has 3 aromatic rings. The molecule has 0 unspecified atom stereocenters. The van der Waals surface area contributed by atoms with Gasteiger partial charge < -0.3 is 9.32 Å². The van der Waals surface area contributed by atoms with Crippen LogP contribution in [0.1, 0.15) is 22.3 Å². The number of nitrogens with one attached hydrogen (secondary N) is 1. The van der Waals surface area contributed by atoms with Crippen molar-refractivity contribution >= 4 is 28.9 Å². The molecule has 0 aliphatic carbocycles. The third kappa shape index (κ3) is 4.75. The minimum atomic E-state index is -0.527. The van der Waals surface area contributed by atoms with E-state index in [0.29, 0.717) is 42.7 Å². The smallest absolute Gasteiger partial charge is 0.408 e. The first kappa shape index (κ1) is 19.8. The molecule has 154 valence electrons. The second-order valence-corrected chi connectivity index (χ2v) is 7.31. The standard InChI is InChI=1S/C23H23N3O4/c27-20(18-7-8-19-21(16-18)30-23(29)24-19)10-11-25-12-14-26(15-13-25)22(28)9-6-17-4-2-1-3-5-17/h1-9,16H,10-15H2,(H,24,29)/b9-6+. The van der Waals surface area contributed by atoms with Gasteiger partial charge in [-0.1, -0.05) is 30.3 Å². The first-order valence-electron chi connectivity index (χ1n) is 9.99. The summed E-state index contributed by atoms with van der Waals surface area (Å²) in [6, 6.07) is 14.7. The van der Waals surface area contributed by atoms with Crippen LogP contribution in [0.5, 0.6) is 0 Å². The maximum Gasteiger partial charge on any atom is 0.417 e. The Balaban J connectivity index is 1.25. The van der Waals surface area contributed by atoms with Crippen LogP contribution in [0.2, 0.25) is 0 Å². The van der Waals surface area contributed by atoms with Gasteiger partial charge in [0.15, 0.2) is 11.4 Å². The number of hydrogen-bond donors (Lipinski definition) is 1. The van der Waals surface area contributed by atoms with Crippen LogP contribution in [0.4, 0.5) is 0 Å². The summed E-state index contributed by atoms with van der Waals surface area (Å²) >= 11 is 0. The molecule has 2 heterocycles. The minimum Gasteiger partial charge on any atom is -0.408 e. The molecule has 1 aromatic heterocycles. The maximum atomic E-state index is 12.5. The van der Waals surface area contributed by atoms with Crippen LogP contribution in [0, 0.1) is 0 Å². The third-order valence-electron chi connectivity index (χ3n) is 5.30. The van der Waals surface area contributed by atoms with Gasteiger partial charge in [0, 0.05) is 50.8 Å². The number of amides is 1. The molecule has 1 saturated heterocycles. The van der Waals surface area contributed by atoms with E-state index in [0.717, 1.165) is 18.7 Å². The van der Waals surface area contributed by atoms with E-state index >= 15 is 0 Å². The number of carbonyl (C=O) groups is 2. The summed E-state index contributed by atoms with van der Waals surface area (Å²) < 4.78 is 5.02. The van der Waals surface area contributed by atoms with Crippen LogP contribution >= 0.6 is 0 Å². The van der Waals surface area contributed by atoms with E-state index in [1.165, 1.54) is 0 Å². The van der Waals surface area contributed by atoms with Gasteiger partial charge in [0.05, 0.1) is 5.52 Å². The number of benzene rings is 2. The average molecular weight is 405 g/mol. The van der Waals surface area contributed by atoms with Crippen molar-refractivity contribution in [1.82, 2.24) is 14.8 Å². The monoisotopic (exact) mass is 405 g/mol. The van der Waals surface area contributed by atoms with Crippen LogP contribution in [0.3, 0.4) is 0 Å². The average Bonchev–Trinajstić information content (AvgIpc) is 3.16. The number of rotatable bonds is 6. The molecule has 1 fully saturated rings. The first-order valence-corrected chi connectivity index (χ1v) is 9.99. The van der Waals surface area contributed by atoms with Crippen LogP contribution < -0.4 is 5.76 Å². The van der Waals surface area contributed by atoms with Gasteiger partial charge in [-0.3, -0.25) is 19.5 Å². The van der Waals surface area contributed by atoms with Crippen molar-refractivity contribution in [2.24, 2.45) is 0 Å². The number of Topliss-reactive ketones (excluding diaryl/α,β-unsaturated/α-hetero) is 1. The SMILES string of the molecule is O=C(CCN1CCN(C(=O)/C=C/c2ccccc2)CC1)c1ccc2[nH]c(=O)oc2c1. The summed E-state index contributed by atoms with van der Waals surface area (Å²) in [7, 11) is 0. The summed E-state index contributed by atoms with van der Waals surface area (Å²) in [6.45, 7) is 3.41. The van der Waals surface area contributed by atoms with Crippen molar-refractivity contribution in [1.29, 1.82) is 0 Å². The zero-order valence-corrected chi connectivity index (χ0v) is 16.5. The lowest BCUT2D eigenvalue weighted by molar-refractivity contribution is -0.127. The third-order valence-corrected chi connectivity index (χ3v) is 5.30. The number of nitrogens with zero attached hydrogens (tertiary/aromatic N) is 2. The molecule has 0 saturated carbocycles. The molecule has 1 aliphatic rings. The summed E-state index contributed by atoms with van der Waals surface area (Å²) in [5.41, 5.74) is 2.51. The van der Waals surface area contributed by atoms with Crippen molar-refractivity contribution in [3.05, 3.63) is 76.3 Å². The Morgan fingerprint density at radius 2 is 1.80 bits per heavy atom. The normalized spacial score (nSPS) is 15.1. The number of carbonyl (C=O) groups excluding carboxylic acids is 2. The number of aromatic amines is 1. The number of oxazole rings is 1. The summed E-state index contributed by atoms with van der Waals surface area (Å²) in [5.74, 6) is -0.512. The molecule has 7 heteroatoms. The fraction of sp³-hybridized carbons (Fsp3) is 0.261. The lowest BCUT2D eigenvalue weighted by atomic mass is 10.1. The van der Waals surface area contributed by atoms with Crippen LogP contribution in [0.15, 0.2) is 63.8 Å². The second-order valence-electron chi connectivity index (χ2n) is 7.31. The number of ketones is 1. The predicted molar refractivity (Wildman–Crippen MR) is 114 cm³/mol. The number of hydrogen-bond acceptors (Lipinski definition) is 5. The largest absolute Gasteiger partial charge is 0.417 e. The van der Waals surface area contributed by atoms with Gasteiger partial charge in [-0.05, 0) is 29.8 Å².